The number of nitrogens with zero attached hydrogens (tertiary/aromatic N) is 4. The molecule has 0 spiro atoms. The predicted octanol–water partition coefficient (Wildman–Crippen LogP) is 0.434. The molecule has 1 aromatic heterocycles. The number of sulfonamides is 1. The molecule has 12 heteroatoms. The highest BCUT2D eigenvalue weighted by atomic mass is 32.2. The van der Waals surface area contributed by atoms with E-state index in [0.29, 0.717) is 16.5 Å². The molecule has 0 saturated heterocycles. The number of carbonyl (C=O) groups is 1. The molecule has 1 amide bonds. The van der Waals surface area contributed by atoms with Crippen molar-refractivity contribution in [3.05, 3.63) is 18.2 Å². The Balaban J connectivity index is 2.21. The molecule has 142 valence electrons. The first kappa shape index (κ1) is 20.0. The summed E-state index contributed by atoms with van der Waals surface area (Å²) >= 11 is 1.11. The molecule has 0 aliphatic heterocycles. The minimum Gasteiger partial charge on any atom is -0.376 e. The first-order valence-corrected chi connectivity index (χ1v) is 9.88. The molecule has 1 aromatic carbocycles. The Morgan fingerprint density at radius 2 is 2.00 bits per heavy atom. The quantitative estimate of drug-likeness (QED) is 0.570. The first-order valence-electron chi connectivity index (χ1n) is 7.45. The predicted molar refractivity (Wildman–Crippen MR) is 102 cm³/mol. The molecule has 0 saturated carbocycles. The SMILES string of the molecule is CN(C)c1ccc(S(=O)(=O)N(C)C)cc1NC(=O)CSc1n[nH]c(N)n1. The van der Waals surface area contributed by atoms with Crippen LogP contribution in [0.15, 0.2) is 28.3 Å². The Labute approximate surface area is 156 Å². The van der Waals surface area contributed by atoms with Crippen LogP contribution in [0.3, 0.4) is 0 Å². The van der Waals surface area contributed by atoms with Gasteiger partial charge in [0.1, 0.15) is 0 Å². The second-order valence-electron chi connectivity index (χ2n) is 5.70. The fraction of sp³-hybridized carbons (Fsp3) is 0.357. The van der Waals surface area contributed by atoms with E-state index in [2.05, 4.69) is 20.5 Å². The summed E-state index contributed by atoms with van der Waals surface area (Å²) in [7, 11) is 2.90. The van der Waals surface area contributed by atoms with E-state index in [1.54, 1.807) is 25.1 Å². The van der Waals surface area contributed by atoms with Crippen molar-refractivity contribution in [1.82, 2.24) is 19.5 Å². The summed E-state index contributed by atoms with van der Waals surface area (Å²) in [5, 5.41) is 9.42. The minimum absolute atomic E-state index is 0.0504. The topological polar surface area (TPSA) is 137 Å². The second-order valence-corrected chi connectivity index (χ2v) is 8.80. The molecule has 0 unspecified atom stereocenters. The number of nitrogen functional groups attached to an aromatic ring is 1. The molecule has 4 N–H and O–H groups in total. The van der Waals surface area contributed by atoms with Crippen LogP contribution in [0.25, 0.3) is 0 Å². The molecule has 1 heterocycles. The number of benzene rings is 1. The van der Waals surface area contributed by atoms with Gasteiger partial charge in [0.15, 0.2) is 0 Å². The Bertz CT molecular complexity index is 894. The van der Waals surface area contributed by atoms with Crippen molar-refractivity contribution in [2.75, 3.05) is 49.9 Å². The van der Waals surface area contributed by atoms with E-state index in [1.807, 2.05) is 0 Å². The lowest BCUT2D eigenvalue weighted by atomic mass is 10.2. The average molecular weight is 400 g/mol. The molecule has 0 radical (unpaired) electrons. The van der Waals surface area contributed by atoms with Crippen molar-refractivity contribution in [1.29, 1.82) is 0 Å². The molecule has 2 aromatic rings. The van der Waals surface area contributed by atoms with Gasteiger partial charge in [0.2, 0.25) is 27.0 Å². The number of thioether (sulfide) groups is 1. The lowest BCUT2D eigenvalue weighted by Crippen LogP contribution is -2.23. The maximum Gasteiger partial charge on any atom is 0.242 e. The molecule has 26 heavy (non-hydrogen) atoms. The van der Waals surface area contributed by atoms with Crippen LogP contribution >= 0.6 is 11.8 Å². The number of nitrogens with two attached hydrogens (primary N) is 1. The monoisotopic (exact) mass is 399 g/mol. The summed E-state index contributed by atoms with van der Waals surface area (Å²) < 4.78 is 25.8. The molecule has 2 rings (SSSR count). The normalized spacial score (nSPS) is 11.6. The Morgan fingerprint density at radius 3 is 2.54 bits per heavy atom. The van der Waals surface area contributed by atoms with Crippen LogP contribution in [0.1, 0.15) is 0 Å². The van der Waals surface area contributed by atoms with Crippen molar-refractivity contribution < 1.29 is 13.2 Å². The van der Waals surface area contributed by atoms with Crippen LogP contribution in [0.5, 0.6) is 0 Å². The molecule has 0 aliphatic carbocycles. The van der Waals surface area contributed by atoms with Crippen LogP contribution in [-0.4, -0.2) is 67.8 Å². The number of rotatable bonds is 7. The van der Waals surface area contributed by atoms with E-state index >= 15 is 0 Å². The molecule has 0 fully saturated rings. The maximum atomic E-state index is 12.3. The summed E-state index contributed by atoms with van der Waals surface area (Å²) in [5.74, 6) is -0.0975. The fourth-order valence-corrected chi connectivity index (χ4v) is 3.55. The molecule has 0 atom stereocenters. The third kappa shape index (κ3) is 4.65. The number of hydrogen-bond acceptors (Lipinski definition) is 8. The standard InChI is InChI=1S/C14H21N7O3S2/c1-20(2)11-6-5-9(26(23,24)21(3)4)7-10(11)16-12(22)8-25-14-17-13(15)18-19-14/h5-7H,8H2,1-4H3,(H,16,22)(H3,15,17,18,19). The zero-order chi connectivity index (χ0) is 19.5. The lowest BCUT2D eigenvalue weighted by Gasteiger charge is -2.20. The van der Waals surface area contributed by atoms with Crippen molar-refractivity contribution >= 4 is 45.0 Å². The van der Waals surface area contributed by atoms with Crippen LogP contribution in [0, 0.1) is 0 Å². The van der Waals surface area contributed by atoms with E-state index in [1.165, 1.54) is 26.2 Å². The minimum atomic E-state index is -3.61. The third-order valence-corrected chi connectivity index (χ3v) is 5.98. The van der Waals surface area contributed by atoms with E-state index in [9.17, 15) is 13.2 Å². The van der Waals surface area contributed by atoms with Gasteiger partial charge in [-0.3, -0.25) is 4.79 Å². The van der Waals surface area contributed by atoms with Gasteiger partial charge in [0.05, 0.1) is 22.0 Å². The van der Waals surface area contributed by atoms with E-state index in [0.717, 1.165) is 16.1 Å². The van der Waals surface area contributed by atoms with Gasteiger partial charge in [0.25, 0.3) is 0 Å². The van der Waals surface area contributed by atoms with Gasteiger partial charge in [-0.2, -0.15) is 4.98 Å². The van der Waals surface area contributed by atoms with Crippen LogP contribution in [0.4, 0.5) is 17.3 Å². The molecule has 0 bridgehead atoms. The zero-order valence-electron chi connectivity index (χ0n) is 14.8. The summed E-state index contributed by atoms with van der Waals surface area (Å²) in [6.45, 7) is 0. The number of H-pyrrole nitrogens is 1. The number of nitrogens with one attached hydrogen (secondary N) is 2. The van der Waals surface area contributed by atoms with Gasteiger partial charge < -0.3 is 16.0 Å². The average Bonchev–Trinajstić information content (AvgIpc) is 2.98. The summed E-state index contributed by atoms with van der Waals surface area (Å²) in [6, 6.07) is 4.60. The highest BCUT2D eigenvalue weighted by Crippen LogP contribution is 2.29. The first-order chi connectivity index (χ1) is 12.1. The fourth-order valence-electron chi connectivity index (χ4n) is 2.02. The highest BCUT2D eigenvalue weighted by Gasteiger charge is 2.20. The van der Waals surface area contributed by atoms with Crippen molar-refractivity contribution in [2.45, 2.75) is 10.1 Å². The van der Waals surface area contributed by atoms with E-state index in [4.69, 9.17) is 5.73 Å². The molecular formula is C14H21N7O3S2. The molecule has 10 nitrogen and oxygen atoms in total. The van der Waals surface area contributed by atoms with Gasteiger partial charge in [0, 0.05) is 28.2 Å². The zero-order valence-corrected chi connectivity index (χ0v) is 16.5. The van der Waals surface area contributed by atoms with E-state index in [-0.39, 0.29) is 22.5 Å². The number of aromatic amines is 1. The second kappa shape index (κ2) is 7.93. The van der Waals surface area contributed by atoms with Gasteiger partial charge in [-0.05, 0) is 18.2 Å². The maximum absolute atomic E-state index is 12.3. The van der Waals surface area contributed by atoms with Gasteiger partial charge >= 0.3 is 0 Å². The van der Waals surface area contributed by atoms with E-state index < -0.39 is 10.0 Å². The third-order valence-electron chi connectivity index (χ3n) is 3.32. The molecular weight excluding hydrogens is 378 g/mol. The summed E-state index contributed by atoms with van der Waals surface area (Å²) in [6.07, 6.45) is 0. The van der Waals surface area contributed by atoms with Crippen molar-refractivity contribution in [3.8, 4) is 0 Å². The smallest absolute Gasteiger partial charge is 0.242 e. The Hall–Kier alpha value is -2.31. The van der Waals surface area contributed by atoms with Crippen molar-refractivity contribution in [3.63, 3.8) is 0 Å². The van der Waals surface area contributed by atoms with Crippen molar-refractivity contribution in [2.24, 2.45) is 0 Å². The number of anilines is 3. The van der Waals surface area contributed by atoms with Crippen LogP contribution in [0.2, 0.25) is 0 Å². The molecule has 0 aliphatic rings. The number of aromatic nitrogens is 3. The largest absolute Gasteiger partial charge is 0.376 e. The van der Waals surface area contributed by atoms with Gasteiger partial charge in [-0.25, -0.2) is 17.8 Å². The van der Waals surface area contributed by atoms with Crippen LogP contribution < -0.4 is 16.0 Å². The van der Waals surface area contributed by atoms with Crippen LogP contribution in [-0.2, 0) is 14.8 Å². The van der Waals surface area contributed by atoms with Gasteiger partial charge in [-0.1, -0.05) is 11.8 Å². The summed E-state index contributed by atoms with van der Waals surface area (Å²) in [4.78, 5) is 18.0. The number of hydrogen-bond donors (Lipinski definition) is 3. The number of amides is 1. The Morgan fingerprint density at radius 1 is 1.31 bits per heavy atom. The summed E-state index contributed by atoms with van der Waals surface area (Å²) in [5.41, 5.74) is 6.52. The number of carbonyl (C=O) groups excluding carboxylic acids is 1. The highest BCUT2D eigenvalue weighted by molar-refractivity contribution is 7.99. The van der Waals surface area contributed by atoms with Gasteiger partial charge in [-0.15, -0.1) is 5.10 Å². The Kier molecular flexibility index (Phi) is 6.10. The lowest BCUT2D eigenvalue weighted by molar-refractivity contribution is -0.113.